The highest BCUT2D eigenvalue weighted by atomic mass is 16.6. The van der Waals surface area contributed by atoms with E-state index in [9.17, 15) is 25.2 Å². The summed E-state index contributed by atoms with van der Waals surface area (Å²) in [6, 6.07) is 9.25. The maximum atomic E-state index is 13.6. The maximum absolute atomic E-state index is 13.6. The Morgan fingerprint density at radius 1 is 1.21 bits per heavy atom. The van der Waals surface area contributed by atoms with Crippen molar-refractivity contribution in [2.75, 3.05) is 6.61 Å². The molecule has 8 nitrogen and oxygen atoms in total. The van der Waals surface area contributed by atoms with E-state index in [-0.39, 0.29) is 34.4 Å². The third kappa shape index (κ3) is 3.11. The molecule has 4 N–H and O–H groups in total. The first kappa shape index (κ1) is 25.5. The fourth-order valence-electron chi connectivity index (χ4n) is 8.31. The Kier molecular flexibility index (Phi) is 5.61. The number of imidazole rings is 1. The summed E-state index contributed by atoms with van der Waals surface area (Å²) in [6.45, 7) is 7.66. The summed E-state index contributed by atoms with van der Waals surface area (Å²) in [5.74, 6) is -0.800. The number of rotatable bonds is 4. The van der Waals surface area contributed by atoms with Crippen molar-refractivity contribution in [1.29, 1.82) is 0 Å². The SMILES string of the molecule is CC1=C[C@]23C(O)[C@@H](C=C(CO)[C@@H](O)[C@]2(O)[C@H]1OC(=O)c1cncn1-c1ccccc1)[C@H]1[C@@H](C[C@H]3C)C1(C)C. The lowest BCUT2D eigenvalue weighted by atomic mass is 9.58. The van der Waals surface area contributed by atoms with Crippen molar-refractivity contribution in [3.63, 3.8) is 0 Å². The number of hydrogen-bond donors (Lipinski definition) is 4. The van der Waals surface area contributed by atoms with E-state index in [0.29, 0.717) is 11.5 Å². The number of ether oxygens (including phenoxy) is 1. The monoisotopic (exact) mass is 520 g/mol. The summed E-state index contributed by atoms with van der Waals surface area (Å²) in [4.78, 5) is 17.7. The molecule has 0 aliphatic heterocycles. The quantitative estimate of drug-likeness (QED) is 0.361. The Bertz CT molecular complexity index is 1330. The molecule has 9 atom stereocenters. The van der Waals surface area contributed by atoms with E-state index in [0.717, 1.165) is 12.1 Å². The van der Waals surface area contributed by atoms with Gasteiger partial charge in [0, 0.05) is 11.6 Å². The third-order valence-corrected chi connectivity index (χ3v) is 10.3. The molecule has 1 heterocycles. The van der Waals surface area contributed by atoms with Gasteiger partial charge in [-0.05, 0) is 59.8 Å². The fourth-order valence-corrected chi connectivity index (χ4v) is 8.31. The van der Waals surface area contributed by atoms with Gasteiger partial charge < -0.3 is 25.2 Å². The number of hydrogen-bond acceptors (Lipinski definition) is 7. The van der Waals surface area contributed by atoms with Gasteiger partial charge in [-0.25, -0.2) is 9.78 Å². The molecular formula is C30H36N2O6. The highest BCUT2D eigenvalue weighted by molar-refractivity contribution is 5.88. The highest BCUT2D eigenvalue weighted by Gasteiger charge is 2.76. The lowest BCUT2D eigenvalue weighted by Crippen LogP contribution is -2.66. The number of benzene rings is 1. The van der Waals surface area contributed by atoms with Gasteiger partial charge in [0.2, 0.25) is 0 Å². The van der Waals surface area contributed by atoms with Crippen LogP contribution < -0.4 is 0 Å². The van der Waals surface area contributed by atoms with Crippen LogP contribution in [-0.2, 0) is 4.74 Å². The molecular weight excluding hydrogens is 484 g/mol. The van der Waals surface area contributed by atoms with Gasteiger partial charge in [-0.15, -0.1) is 0 Å². The summed E-state index contributed by atoms with van der Waals surface area (Å²) >= 11 is 0. The van der Waals surface area contributed by atoms with Gasteiger partial charge in [0.15, 0.2) is 11.8 Å². The zero-order valence-electron chi connectivity index (χ0n) is 22.2. The number of aromatic nitrogens is 2. The number of aliphatic hydroxyl groups is 4. The van der Waals surface area contributed by atoms with E-state index in [2.05, 4.69) is 18.8 Å². The van der Waals surface area contributed by atoms with Gasteiger partial charge in [-0.3, -0.25) is 4.57 Å². The van der Waals surface area contributed by atoms with Gasteiger partial charge in [-0.2, -0.15) is 0 Å². The molecule has 4 aliphatic carbocycles. The molecule has 4 aliphatic rings. The van der Waals surface area contributed by atoms with E-state index in [1.807, 2.05) is 43.3 Å². The van der Waals surface area contributed by atoms with Crippen LogP contribution in [0.4, 0.5) is 0 Å². The number of aliphatic hydroxyl groups excluding tert-OH is 3. The second-order valence-corrected chi connectivity index (χ2v) is 12.3. The molecule has 38 heavy (non-hydrogen) atoms. The Hall–Kier alpha value is -2.78. The molecule has 1 aromatic carbocycles. The predicted molar refractivity (Wildman–Crippen MR) is 139 cm³/mol. The van der Waals surface area contributed by atoms with E-state index in [1.165, 1.54) is 12.5 Å². The van der Waals surface area contributed by atoms with Gasteiger partial charge >= 0.3 is 5.97 Å². The minimum absolute atomic E-state index is 0.00503. The molecule has 1 unspecified atom stereocenters. The second-order valence-electron chi connectivity index (χ2n) is 12.3. The minimum Gasteiger partial charge on any atom is -0.450 e. The minimum atomic E-state index is -2.08. The molecule has 0 radical (unpaired) electrons. The standard InChI is InChI=1S/C30H36N2O6/c1-16-12-29-17(2)10-21-23(28(21,3)4)20(25(29)35)11-18(14-33)24(34)30(29,37)26(16)38-27(36)22-13-31-15-32(22)19-8-6-5-7-9-19/h5-9,11-13,15,17,20-21,23-26,33-35,37H,10,14H2,1-4H3/t17-,20+,21-,23+,24-,25?,26+,29+,30+/m1/s1. The number of carbonyl (C=O) groups excluding carboxylic acids is 1. The number of fused-ring (bicyclic) bond motifs is 3. The molecule has 8 heteroatoms. The van der Waals surface area contributed by atoms with Crippen molar-refractivity contribution in [2.45, 2.75) is 58.0 Å². The topological polar surface area (TPSA) is 125 Å². The molecule has 202 valence electrons. The van der Waals surface area contributed by atoms with Gasteiger partial charge in [0.05, 0.1) is 30.7 Å². The number of para-hydroxylation sites is 1. The molecule has 1 spiro atoms. The zero-order valence-corrected chi connectivity index (χ0v) is 22.2. The van der Waals surface area contributed by atoms with Gasteiger partial charge in [-0.1, -0.05) is 51.1 Å². The molecule has 2 bridgehead atoms. The highest BCUT2D eigenvalue weighted by Crippen LogP contribution is 2.72. The van der Waals surface area contributed by atoms with Gasteiger partial charge in [0.1, 0.15) is 11.7 Å². The first-order chi connectivity index (χ1) is 18.0. The Balaban J connectivity index is 1.43. The largest absolute Gasteiger partial charge is 0.450 e. The van der Waals surface area contributed by atoms with Crippen LogP contribution in [0.5, 0.6) is 0 Å². The van der Waals surface area contributed by atoms with Gasteiger partial charge in [0.25, 0.3) is 0 Å². The number of nitrogens with zero attached hydrogens (tertiary/aromatic N) is 2. The van der Waals surface area contributed by atoms with E-state index in [1.54, 1.807) is 17.6 Å². The van der Waals surface area contributed by atoms with Crippen LogP contribution in [0.1, 0.15) is 44.6 Å². The average Bonchev–Trinajstić information content (AvgIpc) is 3.20. The second kappa shape index (κ2) is 8.36. The molecule has 2 saturated carbocycles. The smallest absolute Gasteiger partial charge is 0.357 e. The Labute approximate surface area is 222 Å². The normalized spacial score (nSPS) is 40.7. The lowest BCUT2D eigenvalue weighted by Gasteiger charge is -2.52. The summed E-state index contributed by atoms with van der Waals surface area (Å²) in [5, 5.41) is 46.7. The summed E-state index contributed by atoms with van der Waals surface area (Å²) in [6.07, 6.45) is 3.46. The molecule has 1 aromatic heterocycles. The van der Waals surface area contributed by atoms with Crippen molar-refractivity contribution < 1.29 is 30.0 Å². The van der Waals surface area contributed by atoms with Crippen LogP contribution in [0.25, 0.3) is 5.69 Å². The van der Waals surface area contributed by atoms with Crippen molar-refractivity contribution in [2.24, 2.45) is 34.5 Å². The van der Waals surface area contributed by atoms with Crippen molar-refractivity contribution >= 4 is 5.97 Å². The maximum Gasteiger partial charge on any atom is 0.357 e. The number of esters is 1. The average molecular weight is 521 g/mol. The molecule has 0 amide bonds. The van der Waals surface area contributed by atoms with Crippen LogP contribution in [0.2, 0.25) is 0 Å². The van der Waals surface area contributed by atoms with Crippen molar-refractivity contribution in [1.82, 2.24) is 9.55 Å². The van der Waals surface area contributed by atoms with Crippen molar-refractivity contribution in [3.8, 4) is 5.69 Å². The first-order valence-corrected chi connectivity index (χ1v) is 13.4. The fraction of sp³-hybridized carbons (Fsp3) is 0.533. The zero-order chi connectivity index (χ0) is 27.2. The van der Waals surface area contributed by atoms with Crippen LogP contribution in [0.3, 0.4) is 0 Å². The van der Waals surface area contributed by atoms with E-state index >= 15 is 0 Å². The van der Waals surface area contributed by atoms with Crippen molar-refractivity contribution in [3.05, 3.63) is 71.8 Å². The first-order valence-electron chi connectivity index (χ1n) is 13.4. The summed E-state index contributed by atoms with van der Waals surface area (Å²) in [7, 11) is 0. The van der Waals surface area contributed by atoms with Crippen LogP contribution in [0, 0.1) is 34.5 Å². The predicted octanol–water partition coefficient (Wildman–Crippen LogP) is 2.66. The molecule has 0 saturated heterocycles. The summed E-state index contributed by atoms with van der Waals surface area (Å²) < 4.78 is 7.63. The van der Waals surface area contributed by atoms with Crippen LogP contribution in [0.15, 0.2) is 66.2 Å². The van der Waals surface area contributed by atoms with Crippen LogP contribution in [-0.4, -0.2) is 66.5 Å². The third-order valence-electron chi connectivity index (χ3n) is 10.3. The Morgan fingerprint density at radius 3 is 2.61 bits per heavy atom. The molecule has 2 fully saturated rings. The molecule has 6 rings (SSSR count). The van der Waals surface area contributed by atoms with Crippen LogP contribution >= 0.6 is 0 Å². The molecule has 2 aromatic rings. The number of carbonyl (C=O) groups is 1. The Morgan fingerprint density at radius 2 is 1.92 bits per heavy atom. The van der Waals surface area contributed by atoms with E-state index < -0.39 is 41.9 Å². The lowest BCUT2D eigenvalue weighted by molar-refractivity contribution is -0.215. The summed E-state index contributed by atoms with van der Waals surface area (Å²) in [5.41, 5.74) is -1.65. The van der Waals surface area contributed by atoms with E-state index in [4.69, 9.17) is 4.74 Å².